The predicted octanol–water partition coefficient (Wildman–Crippen LogP) is 5.42. The van der Waals surface area contributed by atoms with Crippen LogP contribution in [0, 0.1) is 0 Å². The van der Waals surface area contributed by atoms with Crippen molar-refractivity contribution in [1.29, 1.82) is 0 Å². The van der Waals surface area contributed by atoms with Crippen LogP contribution in [0.1, 0.15) is 97.3 Å². The molecule has 0 aromatic heterocycles. The number of phosphoric acid groups is 1. The molecule has 0 fully saturated rings. The second-order valence-corrected chi connectivity index (χ2v) is 11.1. The molecule has 1 amide bonds. The van der Waals surface area contributed by atoms with Crippen molar-refractivity contribution in [1.82, 2.24) is 5.32 Å². The molecule has 0 saturated heterocycles. The van der Waals surface area contributed by atoms with Gasteiger partial charge in [-0.3, -0.25) is 13.8 Å². The summed E-state index contributed by atoms with van der Waals surface area (Å²) in [6.07, 6.45) is 14.1. The lowest BCUT2D eigenvalue weighted by Gasteiger charge is -2.24. The quantitative estimate of drug-likeness (QED) is 0.134. The number of hydrogen-bond donors (Lipinski definition) is 2. The van der Waals surface area contributed by atoms with Crippen LogP contribution in [0.25, 0.3) is 0 Å². The van der Waals surface area contributed by atoms with Crippen molar-refractivity contribution in [3.63, 3.8) is 0 Å². The normalized spacial score (nSPS) is 14.9. The lowest BCUT2D eigenvalue weighted by molar-refractivity contribution is -0.870. The molecule has 31 heavy (non-hydrogen) atoms. The van der Waals surface area contributed by atoms with Gasteiger partial charge in [0.1, 0.15) is 13.2 Å². The van der Waals surface area contributed by atoms with Gasteiger partial charge < -0.3 is 14.7 Å². The minimum Gasteiger partial charge on any atom is -0.351 e. The van der Waals surface area contributed by atoms with E-state index in [4.69, 9.17) is 9.05 Å². The van der Waals surface area contributed by atoms with E-state index in [0.29, 0.717) is 17.4 Å². The molecule has 2 unspecified atom stereocenters. The molecule has 0 aromatic carbocycles. The molecule has 2 N–H and O–H groups in total. The zero-order valence-corrected chi connectivity index (χ0v) is 21.8. The average Bonchev–Trinajstić information content (AvgIpc) is 2.67. The van der Waals surface area contributed by atoms with E-state index in [-0.39, 0.29) is 25.2 Å². The first-order valence-corrected chi connectivity index (χ1v) is 13.8. The second-order valence-electron chi connectivity index (χ2n) is 9.60. The highest BCUT2D eigenvalue weighted by Crippen LogP contribution is 2.43. The summed E-state index contributed by atoms with van der Waals surface area (Å²) >= 11 is 0. The van der Waals surface area contributed by atoms with Gasteiger partial charge in [0, 0.05) is 6.42 Å². The molecule has 7 nitrogen and oxygen atoms in total. The minimum absolute atomic E-state index is 0.00799. The topological polar surface area (TPSA) is 84.9 Å². The Hall–Kier alpha value is -0.460. The van der Waals surface area contributed by atoms with E-state index in [1.165, 1.54) is 44.9 Å². The SMILES string of the molecule is CCCCCCCCCCCC(=O)NC(CCCC)COP(=O)(O)OCC[N+](C)(C)C. The molecule has 2 atom stereocenters. The molecule has 8 heteroatoms. The number of rotatable bonds is 21. The summed E-state index contributed by atoms with van der Waals surface area (Å²) in [6.45, 7) is 5.03. The van der Waals surface area contributed by atoms with Gasteiger partial charge in [0.2, 0.25) is 5.91 Å². The van der Waals surface area contributed by atoms with Gasteiger partial charge in [0.15, 0.2) is 0 Å². The first-order valence-electron chi connectivity index (χ1n) is 12.3. The van der Waals surface area contributed by atoms with Crippen LogP contribution in [0.5, 0.6) is 0 Å². The fourth-order valence-electron chi connectivity index (χ4n) is 3.20. The first kappa shape index (κ1) is 30.5. The van der Waals surface area contributed by atoms with Crippen LogP contribution in [0.3, 0.4) is 0 Å². The first-order chi connectivity index (χ1) is 14.6. The molecule has 0 aliphatic rings. The van der Waals surface area contributed by atoms with E-state index in [1.807, 2.05) is 21.1 Å². The molecule has 0 aliphatic carbocycles. The molecule has 0 radical (unpaired) electrons. The highest BCUT2D eigenvalue weighted by Gasteiger charge is 2.25. The van der Waals surface area contributed by atoms with Gasteiger partial charge in [0.05, 0.1) is 33.8 Å². The number of nitrogens with zero attached hydrogens (tertiary/aromatic N) is 1. The summed E-state index contributed by atoms with van der Waals surface area (Å²) in [7, 11) is 1.83. The van der Waals surface area contributed by atoms with Gasteiger partial charge >= 0.3 is 7.82 Å². The highest BCUT2D eigenvalue weighted by molar-refractivity contribution is 7.47. The van der Waals surface area contributed by atoms with Crippen molar-refractivity contribution in [2.75, 3.05) is 40.9 Å². The Labute approximate surface area is 191 Å². The summed E-state index contributed by atoms with van der Waals surface area (Å²) in [6, 6.07) is -0.270. The Kier molecular flexibility index (Phi) is 17.8. The third kappa shape index (κ3) is 21.2. The average molecular weight is 466 g/mol. The van der Waals surface area contributed by atoms with Crippen LogP contribution in [0.4, 0.5) is 0 Å². The van der Waals surface area contributed by atoms with Gasteiger partial charge in [0.25, 0.3) is 0 Å². The van der Waals surface area contributed by atoms with E-state index in [0.717, 1.165) is 32.1 Å². The summed E-state index contributed by atoms with van der Waals surface area (Å²) in [4.78, 5) is 22.2. The van der Waals surface area contributed by atoms with Gasteiger partial charge in [-0.1, -0.05) is 78.1 Å². The molecular weight excluding hydrogens is 415 g/mol. The van der Waals surface area contributed by atoms with Crippen LogP contribution in [-0.2, 0) is 18.4 Å². The largest absolute Gasteiger partial charge is 0.472 e. The van der Waals surface area contributed by atoms with Crippen LogP contribution in [0.2, 0.25) is 0 Å². The zero-order chi connectivity index (χ0) is 23.6. The number of hydrogen-bond acceptors (Lipinski definition) is 4. The fraction of sp³-hybridized carbons (Fsp3) is 0.957. The molecule has 0 rings (SSSR count). The molecule has 186 valence electrons. The molecule has 0 saturated carbocycles. The maximum Gasteiger partial charge on any atom is 0.472 e. The van der Waals surface area contributed by atoms with Crippen LogP contribution in [0.15, 0.2) is 0 Å². The Balaban J connectivity index is 4.14. The maximum absolute atomic E-state index is 12.3. The van der Waals surface area contributed by atoms with E-state index in [2.05, 4.69) is 19.2 Å². The van der Waals surface area contributed by atoms with Crippen LogP contribution < -0.4 is 5.32 Å². The van der Waals surface area contributed by atoms with Crippen molar-refractivity contribution in [2.45, 2.75) is 103 Å². The number of quaternary nitrogens is 1. The lowest BCUT2D eigenvalue weighted by atomic mass is 10.1. The van der Waals surface area contributed by atoms with E-state index >= 15 is 0 Å². The fourth-order valence-corrected chi connectivity index (χ4v) is 3.95. The van der Waals surface area contributed by atoms with E-state index in [1.54, 1.807) is 0 Å². The minimum atomic E-state index is -4.11. The van der Waals surface area contributed by atoms with E-state index < -0.39 is 7.82 Å². The number of likely N-dealkylation sites (N-methyl/N-ethyl adjacent to an activating group) is 1. The van der Waals surface area contributed by atoms with Crippen LogP contribution >= 0.6 is 7.82 Å². The number of carbonyl (C=O) groups is 1. The van der Waals surface area contributed by atoms with Crippen molar-refractivity contribution in [3.05, 3.63) is 0 Å². The molecule has 0 aliphatic heterocycles. The Morgan fingerprint density at radius 3 is 2.00 bits per heavy atom. The predicted molar refractivity (Wildman–Crippen MR) is 128 cm³/mol. The number of nitrogens with one attached hydrogen (secondary N) is 1. The number of amides is 1. The third-order valence-electron chi connectivity index (χ3n) is 5.23. The molecular formula is C23H50N2O5P+. The summed E-state index contributed by atoms with van der Waals surface area (Å²) in [5.74, 6) is -0.00799. The number of phosphoric ester groups is 1. The van der Waals surface area contributed by atoms with Crippen molar-refractivity contribution < 1.29 is 27.8 Å². The monoisotopic (exact) mass is 465 g/mol. The van der Waals surface area contributed by atoms with Gasteiger partial charge in [-0.25, -0.2) is 4.57 Å². The van der Waals surface area contributed by atoms with Crippen molar-refractivity contribution in [2.24, 2.45) is 0 Å². The van der Waals surface area contributed by atoms with Crippen molar-refractivity contribution >= 4 is 13.7 Å². The summed E-state index contributed by atoms with van der Waals surface area (Å²) in [5, 5.41) is 2.98. The standard InChI is InChI=1S/C23H49N2O5P/c1-6-8-10-11-12-13-14-15-16-18-23(26)24-22(17-9-7-2)21-30-31(27,28)29-20-19-25(3,4)5/h22H,6-21H2,1-5H3,(H-,24,26,27,28)/p+1. The Morgan fingerprint density at radius 1 is 0.903 bits per heavy atom. The van der Waals surface area contributed by atoms with Crippen LogP contribution in [-0.4, -0.2) is 62.2 Å². The maximum atomic E-state index is 12.3. The number of unbranched alkanes of at least 4 members (excludes halogenated alkanes) is 9. The second kappa shape index (κ2) is 18.0. The Bertz CT molecular complexity index is 497. The number of carbonyl (C=O) groups excluding carboxylic acids is 1. The van der Waals surface area contributed by atoms with Crippen molar-refractivity contribution in [3.8, 4) is 0 Å². The van der Waals surface area contributed by atoms with Gasteiger partial charge in [-0.2, -0.15) is 0 Å². The van der Waals surface area contributed by atoms with Gasteiger partial charge in [-0.05, 0) is 12.8 Å². The smallest absolute Gasteiger partial charge is 0.351 e. The summed E-state index contributed by atoms with van der Waals surface area (Å²) in [5.41, 5.74) is 0. The highest BCUT2D eigenvalue weighted by atomic mass is 31.2. The van der Waals surface area contributed by atoms with Gasteiger partial charge in [-0.15, -0.1) is 0 Å². The summed E-state index contributed by atoms with van der Waals surface area (Å²) < 4.78 is 23.0. The molecule has 0 spiro atoms. The van der Waals surface area contributed by atoms with E-state index in [9.17, 15) is 14.3 Å². The molecule has 0 bridgehead atoms. The third-order valence-corrected chi connectivity index (χ3v) is 6.22. The lowest BCUT2D eigenvalue weighted by Crippen LogP contribution is -2.38. The molecule has 0 heterocycles. The Morgan fingerprint density at radius 2 is 1.45 bits per heavy atom. The zero-order valence-electron chi connectivity index (χ0n) is 20.9. The molecule has 0 aromatic rings.